The second-order valence-corrected chi connectivity index (χ2v) is 8.73. The van der Waals surface area contributed by atoms with Crippen molar-refractivity contribution in [3.63, 3.8) is 0 Å². The fraction of sp³-hybridized carbons (Fsp3) is 0.571. The van der Waals surface area contributed by atoms with Crippen LogP contribution in [0.2, 0.25) is 0 Å². The number of pyridine rings is 1. The lowest BCUT2D eigenvalue weighted by Gasteiger charge is -2.42. The zero-order valence-corrected chi connectivity index (χ0v) is 16.5. The summed E-state index contributed by atoms with van der Waals surface area (Å²) in [7, 11) is 1.85. The van der Waals surface area contributed by atoms with E-state index in [2.05, 4.69) is 43.7 Å². The van der Waals surface area contributed by atoms with Gasteiger partial charge in [0.1, 0.15) is 0 Å². The van der Waals surface area contributed by atoms with Crippen LogP contribution in [0.25, 0.3) is 0 Å². The van der Waals surface area contributed by atoms with Crippen LogP contribution in [0.5, 0.6) is 0 Å². The molecule has 0 bridgehead atoms. The molecule has 2 aliphatic rings. The minimum absolute atomic E-state index is 0.431. The van der Waals surface area contributed by atoms with Crippen molar-refractivity contribution in [1.82, 2.24) is 14.8 Å². The van der Waals surface area contributed by atoms with E-state index in [9.17, 15) is 0 Å². The molecule has 4 rings (SSSR count). The van der Waals surface area contributed by atoms with Gasteiger partial charge in [-0.15, -0.1) is 0 Å². The fourth-order valence-corrected chi connectivity index (χ4v) is 5.47. The number of hydrogen-bond donors (Lipinski definition) is 0. The van der Waals surface area contributed by atoms with Gasteiger partial charge in [0, 0.05) is 51.6 Å². The van der Waals surface area contributed by atoms with E-state index in [4.69, 9.17) is 4.74 Å². The van der Waals surface area contributed by atoms with Crippen LogP contribution in [0.15, 0.2) is 41.4 Å². The molecule has 5 heteroatoms. The molecule has 2 aliphatic heterocycles. The van der Waals surface area contributed by atoms with Crippen LogP contribution < -0.4 is 0 Å². The summed E-state index contributed by atoms with van der Waals surface area (Å²) in [5.41, 5.74) is 3.26. The molecule has 26 heavy (non-hydrogen) atoms. The normalized spacial score (nSPS) is 23.7. The highest BCUT2D eigenvalue weighted by Crippen LogP contribution is 2.45. The van der Waals surface area contributed by atoms with E-state index in [1.807, 2.05) is 19.5 Å². The molecule has 2 saturated heterocycles. The molecule has 0 saturated carbocycles. The zero-order valence-electron chi connectivity index (χ0n) is 15.6. The summed E-state index contributed by atoms with van der Waals surface area (Å²) in [6.07, 6.45) is 6.36. The second-order valence-electron chi connectivity index (χ2n) is 7.95. The van der Waals surface area contributed by atoms with Crippen molar-refractivity contribution in [2.24, 2.45) is 11.3 Å². The number of thiophene rings is 1. The Morgan fingerprint density at radius 2 is 1.88 bits per heavy atom. The van der Waals surface area contributed by atoms with Crippen LogP contribution in [-0.2, 0) is 17.8 Å². The highest BCUT2D eigenvalue weighted by atomic mass is 32.1. The van der Waals surface area contributed by atoms with E-state index in [1.54, 1.807) is 11.3 Å². The molecule has 2 fully saturated rings. The smallest absolute Gasteiger partial charge is 0.0508 e. The van der Waals surface area contributed by atoms with Gasteiger partial charge in [-0.3, -0.25) is 14.8 Å². The molecule has 0 radical (unpaired) electrons. The third-order valence-electron chi connectivity index (χ3n) is 6.24. The topological polar surface area (TPSA) is 28.6 Å². The van der Waals surface area contributed by atoms with E-state index in [0.29, 0.717) is 11.3 Å². The first kappa shape index (κ1) is 18.1. The predicted octanol–water partition coefficient (Wildman–Crippen LogP) is 3.50. The summed E-state index contributed by atoms with van der Waals surface area (Å²) in [6, 6.07) is 6.53. The Kier molecular flexibility index (Phi) is 5.69. The van der Waals surface area contributed by atoms with Gasteiger partial charge in [-0.05, 0) is 71.4 Å². The van der Waals surface area contributed by atoms with E-state index >= 15 is 0 Å². The molecule has 1 unspecified atom stereocenters. The minimum Gasteiger partial charge on any atom is -0.384 e. The highest BCUT2D eigenvalue weighted by Gasteiger charge is 2.47. The lowest BCUT2D eigenvalue weighted by molar-refractivity contribution is 0.0350. The van der Waals surface area contributed by atoms with Crippen LogP contribution in [0.4, 0.5) is 0 Å². The summed E-state index contributed by atoms with van der Waals surface area (Å²) < 4.78 is 5.61. The maximum absolute atomic E-state index is 5.61. The average Bonchev–Trinajstić information content (AvgIpc) is 3.28. The van der Waals surface area contributed by atoms with E-state index < -0.39 is 0 Å². The van der Waals surface area contributed by atoms with Crippen molar-refractivity contribution >= 4 is 11.3 Å². The number of piperidine rings is 1. The Bertz CT molecular complexity index is 668. The lowest BCUT2D eigenvalue weighted by Crippen LogP contribution is -2.44. The Balaban J connectivity index is 1.38. The first-order valence-corrected chi connectivity index (χ1v) is 10.6. The number of methoxy groups -OCH3 is 1. The molecule has 0 aliphatic carbocycles. The average molecular weight is 372 g/mol. The third kappa shape index (κ3) is 4.01. The van der Waals surface area contributed by atoms with Gasteiger partial charge in [-0.1, -0.05) is 0 Å². The Hall–Kier alpha value is -1.27. The maximum atomic E-state index is 5.61. The lowest BCUT2D eigenvalue weighted by atomic mass is 9.71. The van der Waals surface area contributed by atoms with Crippen molar-refractivity contribution < 1.29 is 4.74 Å². The van der Waals surface area contributed by atoms with Crippen LogP contribution >= 0.6 is 11.3 Å². The number of aromatic nitrogens is 1. The van der Waals surface area contributed by atoms with Gasteiger partial charge in [0.05, 0.1) is 6.61 Å². The van der Waals surface area contributed by atoms with Crippen molar-refractivity contribution in [3.8, 4) is 0 Å². The third-order valence-corrected chi connectivity index (χ3v) is 6.98. The summed E-state index contributed by atoms with van der Waals surface area (Å²) in [4.78, 5) is 9.39. The number of ether oxygens (including phenoxy) is 1. The van der Waals surface area contributed by atoms with Gasteiger partial charge >= 0.3 is 0 Å². The van der Waals surface area contributed by atoms with Crippen LogP contribution in [-0.4, -0.2) is 54.7 Å². The molecule has 0 aromatic carbocycles. The fourth-order valence-electron chi connectivity index (χ4n) is 4.81. The van der Waals surface area contributed by atoms with Crippen molar-refractivity contribution in [1.29, 1.82) is 0 Å². The molecule has 4 heterocycles. The largest absolute Gasteiger partial charge is 0.384 e. The van der Waals surface area contributed by atoms with Crippen molar-refractivity contribution in [3.05, 3.63) is 52.5 Å². The Morgan fingerprint density at radius 1 is 1.12 bits per heavy atom. The summed E-state index contributed by atoms with van der Waals surface area (Å²) in [5, 5.41) is 4.47. The zero-order chi connectivity index (χ0) is 17.8. The van der Waals surface area contributed by atoms with E-state index in [0.717, 1.165) is 19.7 Å². The predicted molar refractivity (Wildman–Crippen MR) is 106 cm³/mol. The molecule has 4 nitrogen and oxygen atoms in total. The minimum atomic E-state index is 0.431. The molecular formula is C21H29N3OS. The van der Waals surface area contributed by atoms with Gasteiger partial charge in [-0.25, -0.2) is 0 Å². The van der Waals surface area contributed by atoms with Gasteiger partial charge in [-0.2, -0.15) is 11.3 Å². The van der Waals surface area contributed by atoms with Gasteiger partial charge in [0.2, 0.25) is 0 Å². The standard InChI is InChI=1S/C21H29N3OS/c1-25-15-20-14-24(13-19-4-11-26-16-19)17-21(20)5-9-23(10-6-21)12-18-2-7-22-8-3-18/h2-4,7-8,11,16,20H,5-6,9-10,12-15,17H2,1H3. The quantitative estimate of drug-likeness (QED) is 0.777. The van der Waals surface area contributed by atoms with E-state index in [1.165, 1.54) is 50.1 Å². The Labute approximate surface area is 160 Å². The summed E-state index contributed by atoms with van der Waals surface area (Å²) >= 11 is 1.80. The van der Waals surface area contributed by atoms with Gasteiger partial charge in [0.25, 0.3) is 0 Å². The van der Waals surface area contributed by atoms with Crippen LogP contribution in [0.3, 0.4) is 0 Å². The SMILES string of the molecule is COCC1CN(Cc2ccsc2)CC12CCN(Cc1ccncc1)CC2. The first-order valence-electron chi connectivity index (χ1n) is 9.61. The molecule has 2 aromatic heterocycles. The number of rotatable bonds is 6. The van der Waals surface area contributed by atoms with Crippen LogP contribution in [0, 0.1) is 11.3 Å². The number of hydrogen-bond acceptors (Lipinski definition) is 5. The molecule has 140 valence electrons. The molecule has 2 aromatic rings. The van der Waals surface area contributed by atoms with Gasteiger partial charge in [0.15, 0.2) is 0 Å². The molecular weight excluding hydrogens is 342 g/mol. The number of likely N-dealkylation sites (tertiary alicyclic amines) is 2. The number of nitrogens with zero attached hydrogens (tertiary/aromatic N) is 3. The van der Waals surface area contributed by atoms with Crippen molar-refractivity contribution in [2.75, 3.05) is 39.9 Å². The van der Waals surface area contributed by atoms with Crippen LogP contribution in [0.1, 0.15) is 24.0 Å². The monoisotopic (exact) mass is 371 g/mol. The van der Waals surface area contributed by atoms with Crippen molar-refractivity contribution in [2.45, 2.75) is 25.9 Å². The molecule has 1 spiro atoms. The first-order chi connectivity index (χ1) is 12.8. The summed E-state index contributed by atoms with van der Waals surface area (Å²) in [6.45, 7) is 7.81. The van der Waals surface area contributed by atoms with Gasteiger partial charge < -0.3 is 4.74 Å². The molecule has 0 amide bonds. The maximum Gasteiger partial charge on any atom is 0.0508 e. The molecule has 0 N–H and O–H groups in total. The molecule has 1 atom stereocenters. The second kappa shape index (κ2) is 8.17. The summed E-state index contributed by atoms with van der Waals surface area (Å²) in [5.74, 6) is 0.661. The van der Waals surface area contributed by atoms with E-state index in [-0.39, 0.29) is 0 Å². The Morgan fingerprint density at radius 3 is 2.58 bits per heavy atom. The highest BCUT2D eigenvalue weighted by molar-refractivity contribution is 7.07.